The number of nitrogens with zero attached hydrogens (tertiary/aromatic N) is 1. The Labute approximate surface area is 115 Å². The zero-order valence-electron chi connectivity index (χ0n) is 11.5. The molecule has 0 atom stereocenters. The van der Waals surface area contributed by atoms with E-state index in [1.807, 2.05) is 13.8 Å². The van der Waals surface area contributed by atoms with Crippen LogP contribution in [-0.4, -0.2) is 17.1 Å². The molecule has 0 amide bonds. The molecule has 0 saturated heterocycles. The summed E-state index contributed by atoms with van der Waals surface area (Å²) in [7, 11) is 1.37. The van der Waals surface area contributed by atoms with Crippen LogP contribution >= 0.6 is 0 Å². The molecule has 0 spiro atoms. The van der Waals surface area contributed by atoms with Crippen molar-refractivity contribution in [3.8, 4) is 17.1 Å². The molecule has 6 heteroatoms. The molecule has 5 nitrogen and oxygen atoms in total. The van der Waals surface area contributed by atoms with Crippen molar-refractivity contribution in [2.75, 3.05) is 12.8 Å². The fourth-order valence-electron chi connectivity index (χ4n) is 2.00. The first-order valence-electron chi connectivity index (χ1n) is 6.17. The third-order valence-corrected chi connectivity index (χ3v) is 2.99. The SMILES string of the molecule is COc1cc(-c2nc(N)c(C(C)C)c(=O)[nH]2)ccc1F. The van der Waals surface area contributed by atoms with Crippen LogP contribution in [0.5, 0.6) is 5.75 Å². The Bertz CT molecular complexity index is 695. The van der Waals surface area contributed by atoms with E-state index in [-0.39, 0.29) is 28.9 Å². The van der Waals surface area contributed by atoms with Crippen molar-refractivity contribution in [1.82, 2.24) is 9.97 Å². The van der Waals surface area contributed by atoms with E-state index >= 15 is 0 Å². The molecule has 0 aliphatic heterocycles. The predicted octanol–water partition coefficient (Wildman–Crippen LogP) is 2.29. The average molecular weight is 277 g/mol. The third-order valence-electron chi connectivity index (χ3n) is 2.99. The molecule has 0 fully saturated rings. The van der Waals surface area contributed by atoms with Gasteiger partial charge in [0.25, 0.3) is 5.56 Å². The summed E-state index contributed by atoms with van der Waals surface area (Å²) < 4.78 is 18.3. The van der Waals surface area contributed by atoms with Crippen molar-refractivity contribution in [2.45, 2.75) is 19.8 Å². The number of methoxy groups -OCH3 is 1. The number of rotatable bonds is 3. The summed E-state index contributed by atoms with van der Waals surface area (Å²) in [4.78, 5) is 18.9. The molecule has 0 radical (unpaired) electrons. The van der Waals surface area contributed by atoms with E-state index in [0.717, 1.165) is 0 Å². The largest absolute Gasteiger partial charge is 0.494 e. The van der Waals surface area contributed by atoms with E-state index in [0.29, 0.717) is 11.1 Å². The smallest absolute Gasteiger partial charge is 0.256 e. The highest BCUT2D eigenvalue weighted by molar-refractivity contribution is 5.60. The second kappa shape index (κ2) is 5.32. The first-order valence-corrected chi connectivity index (χ1v) is 6.17. The highest BCUT2D eigenvalue weighted by atomic mass is 19.1. The Kier molecular flexibility index (Phi) is 3.74. The van der Waals surface area contributed by atoms with Gasteiger partial charge in [-0.15, -0.1) is 0 Å². The standard InChI is InChI=1S/C14H16FN3O2/c1-7(2)11-12(16)17-13(18-14(11)19)8-4-5-9(15)10(6-8)20-3/h4-7H,1-3H3,(H3,16,17,18,19). The Morgan fingerprint density at radius 3 is 2.65 bits per heavy atom. The van der Waals surface area contributed by atoms with Crippen molar-refractivity contribution in [3.63, 3.8) is 0 Å². The molecule has 2 aromatic rings. The summed E-state index contributed by atoms with van der Waals surface area (Å²) in [5.41, 5.74) is 6.52. The Balaban J connectivity index is 2.57. The monoisotopic (exact) mass is 277 g/mol. The van der Waals surface area contributed by atoms with Crippen molar-refractivity contribution in [3.05, 3.63) is 39.9 Å². The molecule has 1 heterocycles. The number of aromatic nitrogens is 2. The Hall–Kier alpha value is -2.37. The van der Waals surface area contributed by atoms with Gasteiger partial charge in [-0.2, -0.15) is 0 Å². The van der Waals surface area contributed by atoms with Gasteiger partial charge in [-0.05, 0) is 24.1 Å². The predicted molar refractivity (Wildman–Crippen MR) is 75.3 cm³/mol. The molecule has 0 unspecified atom stereocenters. The number of H-pyrrole nitrogens is 1. The van der Waals surface area contributed by atoms with Crippen LogP contribution in [0.25, 0.3) is 11.4 Å². The fourth-order valence-corrected chi connectivity index (χ4v) is 2.00. The van der Waals surface area contributed by atoms with E-state index in [2.05, 4.69) is 9.97 Å². The molecule has 106 valence electrons. The number of nitrogen functional groups attached to an aromatic ring is 1. The molecule has 0 aliphatic rings. The molecular weight excluding hydrogens is 261 g/mol. The number of halogens is 1. The summed E-state index contributed by atoms with van der Waals surface area (Å²) >= 11 is 0. The van der Waals surface area contributed by atoms with Crippen LogP contribution in [0.3, 0.4) is 0 Å². The summed E-state index contributed by atoms with van der Waals surface area (Å²) in [5.74, 6) is 0.0438. The quantitative estimate of drug-likeness (QED) is 0.902. The van der Waals surface area contributed by atoms with Gasteiger partial charge in [0.15, 0.2) is 11.6 Å². The van der Waals surface area contributed by atoms with Crippen molar-refractivity contribution < 1.29 is 9.13 Å². The van der Waals surface area contributed by atoms with Crippen LogP contribution in [-0.2, 0) is 0 Å². The zero-order chi connectivity index (χ0) is 14.9. The highest BCUT2D eigenvalue weighted by Crippen LogP contribution is 2.25. The van der Waals surface area contributed by atoms with E-state index in [1.165, 1.54) is 25.3 Å². The maximum absolute atomic E-state index is 13.4. The number of ether oxygens (including phenoxy) is 1. The molecule has 0 bridgehead atoms. The average Bonchev–Trinajstić information content (AvgIpc) is 2.37. The van der Waals surface area contributed by atoms with Crippen LogP contribution in [0.15, 0.2) is 23.0 Å². The lowest BCUT2D eigenvalue weighted by Gasteiger charge is -2.10. The second-order valence-electron chi connectivity index (χ2n) is 4.72. The molecule has 20 heavy (non-hydrogen) atoms. The second-order valence-corrected chi connectivity index (χ2v) is 4.72. The van der Waals surface area contributed by atoms with Crippen LogP contribution in [0.1, 0.15) is 25.3 Å². The number of nitrogens with two attached hydrogens (primary N) is 1. The summed E-state index contributed by atoms with van der Waals surface area (Å²) in [6.45, 7) is 3.73. The zero-order valence-corrected chi connectivity index (χ0v) is 11.5. The van der Waals surface area contributed by atoms with Gasteiger partial charge in [0.1, 0.15) is 11.6 Å². The van der Waals surface area contributed by atoms with Crippen LogP contribution < -0.4 is 16.0 Å². The van der Waals surface area contributed by atoms with Crippen LogP contribution in [0.2, 0.25) is 0 Å². The highest BCUT2D eigenvalue weighted by Gasteiger charge is 2.14. The molecule has 0 saturated carbocycles. The molecule has 2 rings (SSSR count). The van der Waals surface area contributed by atoms with Gasteiger partial charge in [-0.1, -0.05) is 13.8 Å². The molecule has 3 N–H and O–H groups in total. The number of nitrogens with one attached hydrogen (secondary N) is 1. The maximum atomic E-state index is 13.4. The minimum Gasteiger partial charge on any atom is -0.494 e. The molecule has 1 aromatic heterocycles. The molecule has 1 aromatic carbocycles. The lowest BCUT2D eigenvalue weighted by atomic mass is 10.1. The summed E-state index contributed by atoms with van der Waals surface area (Å²) in [5, 5.41) is 0. The van der Waals surface area contributed by atoms with Crippen LogP contribution in [0, 0.1) is 5.82 Å². The minimum absolute atomic E-state index is 0.0250. The van der Waals surface area contributed by atoms with Gasteiger partial charge in [0, 0.05) is 5.56 Å². The lowest BCUT2D eigenvalue weighted by molar-refractivity contribution is 0.387. The van der Waals surface area contributed by atoms with Crippen molar-refractivity contribution >= 4 is 5.82 Å². The van der Waals surface area contributed by atoms with E-state index in [9.17, 15) is 9.18 Å². The molecule has 0 aliphatic carbocycles. The van der Waals surface area contributed by atoms with E-state index in [1.54, 1.807) is 0 Å². The number of hydrogen-bond donors (Lipinski definition) is 2. The maximum Gasteiger partial charge on any atom is 0.256 e. The lowest BCUT2D eigenvalue weighted by Crippen LogP contribution is -2.19. The van der Waals surface area contributed by atoms with Gasteiger partial charge >= 0.3 is 0 Å². The van der Waals surface area contributed by atoms with E-state index < -0.39 is 5.82 Å². The number of benzene rings is 1. The van der Waals surface area contributed by atoms with Crippen molar-refractivity contribution in [2.24, 2.45) is 0 Å². The Morgan fingerprint density at radius 2 is 2.10 bits per heavy atom. The van der Waals surface area contributed by atoms with Gasteiger partial charge in [0.2, 0.25) is 0 Å². The topological polar surface area (TPSA) is 81.0 Å². The Morgan fingerprint density at radius 1 is 1.40 bits per heavy atom. The van der Waals surface area contributed by atoms with Gasteiger partial charge in [0.05, 0.1) is 12.7 Å². The minimum atomic E-state index is -0.481. The van der Waals surface area contributed by atoms with Gasteiger partial charge in [-0.25, -0.2) is 9.37 Å². The number of anilines is 1. The number of hydrogen-bond acceptors (Lipinski definition) is 4. The van der Waals surface area contributed by atoms with Gasteiger partial charge < -0.3 is 15.5 Å². The third kappa shape index (κ3) is 2.49. The fraction of sp³-hybridized carbons (Fsp3) is 0.286. The van der Waals surface area contributed by atoms with Gasteiger partial charge in [-0.3, -0.25) is 4.79 Å². The molecular formula is C14H16FN3O2. The first kappa shape index (κ1) is 14.0. The summed E-state index contributed by atoms with van der Waals surface area (Å²) in [6, 6.07) is 4.22. The number of aromatic amines is 1. The first-order chi connectivity index (χ1) is 9.43. The van der Waals surface area contributed by atoms with E-state index in [4.69, 9.17) is 10.5 Å². The van der Waals surface area contributed by atoms with Crippen molar-refractivity contribution in [1.29, 1.82) is 0 Å². The summed E-state index contributed by atoms with van der Waals surface area (Å²) in [6.07, 6.45) is 0. The van der Waals surface area contributed by atoms with Crippen LogP contribution in [0.4, 0.5) is 10.2 Å². The normalized spacial score (nSPS) is 10.8.